The minimum atomic E-state index is -0.976. The molecular weight excluding hydrogens is 212 g/mol. The molecule has 1 aromatic heterocycles. The van der Waals surface area contributed by atoms with Crippen LogP contribution in [0, 0.1) is 0 Å². The molecule has 0 spiro atoms. The standard InChI is InChI=1S/C9H14N4O3/c1-13(2)9-11-7(10)5(8(16)12-9)3-4-6(14)15/h3-4H2,1-2H3,(H,14,15)(H3,10,11,12,16). The molecule has 0 saturated heterocycles. The van der Waals surface area contributed by atoms with Crippen LogP contribution in [0.15, 0.2) is 4.79 Å². The monoisotopic (exact) mass is 226 g/mol. The number of nitrogens with one attached hydrogen (secondary N) is 1. The van der Waals surface area contributed by atoms with Crippen LogP contribution < -0.4 is 16.2 Å². The Morgan fingerprint density at radius 2 is 2.19 bits per heavy atom. The lowest BCUT2D eigenvalue weighted by Gasteiger charge is -2.12. The first-order valence-corrected chi connectivity index (χ1v) is 4.69. The van der Waals surface area contributed by atoms with E-state index in [0.717, 1.165) is 0 Å². The molecular formula is C9H14N4O3. The number of nitrogens with two attached hydrogens (primary N) is 1. The molecule has 0 bridgehead atoms. The molecule has 1 heterocycles. The van der Waals surface area contributed by atoms with Gasteiger partial charge < -0.3 is 15.7 Å². The van der Waals surface area contributed by atoms with Crippen molar-refractivity contribution in [2.45, 2.75) is 12.8 Å². The van der Waals surface area contributed by atoms with Gasteiger partial charge in [0, 0.05) is 20.5 Å². The van der Waals surface area contributed by atoms with E-state index < -0.39 is 11.5 Å². The second-order valence-corrected chi connectivity index (χ2v) is 3.54. The van der Waals surface area contributed by atoms with E-state index in [0.29, 0.717) is 5.95 Å². The van der Waals surface area contributed by atoms with Crippen molar-refractivity contribution in [3.63, 3.8) is 0 Å². The van der Waals surface area contributed by atoms with Crippen LogP contribution >= 0.6 is 0 Å². The summed E-state index contributed by atoms with van der Waals surface area (Å²) in [5.74, 6) is -0.550. The molecule has 16 heavy (non-hydrogen) atoms. The van der Waals surface area contributed by atoms with Crippen molar-refractivity contribution in [1.29, 1.82) is 0 Å². The first kappa shape index (κ1) is 12.0. The maximum absolute atomic E-state index is 11.6. The lowest BCUT2D eigenvalue weighted by atomic mass is 10.2. The van der Waals surface area contributed by atoms with E-state index >= 15 is 0 Å². The van der Waals surface area contributed by atoms with E-state index in [1.165, 1.54) is 0 Å². The Balaban J connectivity index is 3.03. The number of carboxylic acids is 1. The Labute approximate surface area is 91.9 Å². The Morgan fingerprint density at radius 1 is 1.56 bits per heavy atom. The molecule has 0 saturated carbocycles. The van der Waals surface area contributed by atoms with E-state index in [-0.39, 0.29) is 24.2 Å². The van der Waals surface area contributed by atoms with E-state index in [1.807, 2.05) is 0 Å². The fraction of sp³-hybridized carbons (Fsp3) is 0.444. The normalized spacial score (nSPS) is 10.1. The topological polar surface area (TPSA) is 112 Å². The Hall–Kier alpha value is -2.05. The van der Waals surface area contributed by atoms with Gasteiger partial charge in [-0.25, -0.2) is 0 Å². The van der Waals surface area contributed by atoms with Crippen molar-refractivity contribution in [3.8, 4) is 0 Å². The zero-order chi connectivity index (χ0) is 12.3. The van der Waals surface area contributed by atoms with Gasteiger partial charge >= 0.3 is 5.97 Å². The van der Waals surface area contributed by atoms with E-state index in [9.17, 15) is 9.59 Å². The highest BCUT2D eigenvalue weighted by molar-refractivity contribution is 5.67. The molecule has 88 valence electrons. The van der Waals surface area contributed by atoms with Gasteiger partial charge in [-0.15, -0.1) is 0 Å². The quantitative estimate of drug-likeness (QED) is 0.634. The van der Waals surface area contributed by atoms with Crippen LogP contribution in [0.1, 0.15) is 12.0 Å². The number of hydrogen-bond acceptors (Lipinski definition) is 5. The zero-order valence-corrected chi connectivity index (χ0v) is 9.15. The molecule has 0 fully saturated rings. The second-order valence-electron chi connectivity index (χ2n) is 3.54. The molecule has 1 rings (SSSR count). The fourth-order valence-corrected chi connectivity index (χ4v) is 1.19. The highest BCUT2D eigenvalue weighted by Crippen LogP contribution is 2.09. The highest BCUT2D eigenvalue weighted by Gasteiger charge is 2.11. The third kappa shape index (κ3) is 2.72. The zero-order valence-electron chi connectivity index (χ0n) is 9.15. The van der Waals surface area contributed by atoms with Gasteiger partial charge in [0.05, 0.1) is 5.56 Å². The number of aromatic amines is 1. The number of nitrogens with zero attached hydrogens (tertiary/aromatic N) is 2. The molecule has 0 aliphatic rings. The number of rotatable bonds is 4. The summed E-state index contributed by atoms with van der Waals surface area (Å²) in [6.07, 6.45) is -0.0620. The number of nitrogen functional groups attached to an aromatic ring is 1. The molecule has 1 aromatic rings. The summed E-state index contributed by atoms with van der Waals surface area (Å²) < 4.78 is 0. The number of carbonyl (C=O) groups is 1. The van der Waals surface area contributed by atoms with Crippen molar-refractivity contribution in [1.82, 2.24) is 9.97 Å². The molecule has 0 amide bonds. The predicted molar refractivity (Wildman–Crippen MR) is 59.6 cm³/mol. The van der Waals surface area contributed by atoms with Gasteiger partial charge in [0.15, 0.2) is 0 Å². The average molecular weight is 226 g/mol. The van der Waals surface area contributed by atoms with Gasteiger partial charge in [-0.1, -0.05) is 0 Å². The lowest BCUT2D eigenvalue weighted by Crippen LogP contribution is -2.23. The van der Waals surface area contributed by atoms with Crippen molar-refractivity contribution in [2.24, 2.45) is 0 Å². The molecule has 4 N–H and O–H groups in total. The number of H-pyrrole nitrogens is 1. The summed E-state index contributed by atoms with van der Waals surface area (Å²) >= 11 is 0. The van der Waals surface area contributed by atoms with Crippen molar-refractivity contribution < 1.29 is 9.90 Å². The van der Waals surface area contributed by atoms with Gasteiger partial charge in [-0.3, -0.25) is 14.6 Å². The van der Waals surface area contributed by atoms with Gasteiger partial charge in [0.1, 0.15) is 5.82 Å². The van der Waals surface area contributed by atoms with Crippen LogP contribution in [-0.4, -0.2) is 35.1 Å². The number of anilines is 2. The molecule has 7 heteroatoms. The number of aromatic nitrogens is 2. The first-order chi connectivity index (χ1) is 7.41. The van der Waals surface area contributed by atoms with Crippen LogP contribution in [0.2, 0.25) is 0 Å². The summed E-state index contributed by atoms with van der Waals surface area (Å²) in [6, 6.07) is 0. The van der Waals surface area contributed by atoms with Crippen LogP contribution in [0.4, 0.5) is 11.8 Å². The Morgan fingerprint density at radius 3 is 2.62 bits per heavy atom. The molecule has 0 aliphatic carbocycles. The van der Waals surface area contributed by atoms with Crippen LogP contribution in [0.25, 0.3) is 0 Å². The second kappa shape index (κ2) is 4.65. The van der Waals surface area contributed by atoms with Gasteiger partial charge in [0.25, 0.3) is 5.56 Å². The Bertz CT molecular complexity index is 453. The average Bonchev–Trinajstić information content (AvgIpc) is 2.15. The number of aliphatic carboxylic acids is 1. The third-order valence-electron chi connectivity index (χ3n) is 2.05. The largest absolute Gasteiger partial charge is 0.481 e. The van der Waals surface area contributed by atoms with Crippen molar-refractivity contribution in [2.75, 3.05) is 24.7 Å². The van der Waals surface area contributed by atoms with Crippen LogP contribution in [0.3, 0.4) is 0 Å². The summed E-state index contributed by atoms with van der Waals surface area (Å²) in [7, 11) is 3.43. The minimum absolute atomic E-state index is 0.0775. The maximum atomic E-state index is 11.6. The van der Waals surface area contributed by atoms with Gasteiger partial charge in [-0.2, -0.15) is 4.98 Å². The lowest BCUT2D eigenvalue weighted by molar-refractivity contribution is -0.136. The molecule has 7 nitrogen and oxygen atoms in total. The molecule has 0 aromatic carbocycles. The first-order valence-electron chi connectivity index (χ1n) is 4.69. The molecule has 0 unspecified atom stereocenters. The Kier molecular flexibility index (Phi) is 3.49. The van der Waals surface area contributed by atoms with Crippen LogP contribution in [-0.2, 0) is 11.2 Å². The highest BCUT2D eigenvalue weighted by atomic mass is 16.4. The summed E-state index contributed by atoms with van der Waals surface area (Å²) in [6.45, 7) is 0. The van der Waals surface area contributed by atoms with E-state index in [4.69, 9.17) is 10.8 Å². The van der Waals surface area contributed by atoms with Crippen molar-refractivity contribution in [3.05, 3.63) is 15.9 Å². The maximum Gasteiger partial charge on any atom is 0.303 e. The van der Waals surface area contributed by atoms with Crippen LogP contribution in [0.5, 0.6) is 0 Å². The molecule has 0 aliphatic heterocycles. The van der Waals surface area contributed by atoms with E-state index in [2.05, 4.69) is 9.97 Å². The molecule has 0 atom stereocenters. The number of carboxylic acid groups (broad SMARTS) is 1. The fourth-order valence-electron chi connectivity index (χ4n) is 1.19. The summed E-state index contributed by atoms with van der Waals surface area (Å²) in [5, 5.41) is 8.52. The molecule has 0 radical (unpaired) electrons. The number of hydrogen-bond donors (Lipinski definition) is 3. The summed E-state index contributed by atoms with van der Waals surface area (Å²) in [4.78, 5) is 30.1. The third-order valence-corrected chi connectivity index (χ3v) is 2.05. The predicted octanol–water partition coefficient (Wildman–Crippen LogP) is -0.565. The minimum Gasteiger partial charge on any atom is -0.481 e. The van der Waals surface area contributed by atoms with Gasteiger partial charge in [0.2, 0.25) is 5.95 Å². The smallest absolute Gasteiger partial charge is 0.303 e. The summed E-state index contributed by atoms with van der Waals surface area (Å²) in [5.41, 5.74) is 5.42. The SMILES string of the molecule is CN(C)c1nc(N)c(CCC(=O)O)c(=O)[nH]1. The van der Waals surface area contributed by atoms with Crippen molar-refractivity contribution >= 4 is 17.7 Å². The van der Waals surface area contributed by atoms with Gasteiger partial charge in [-0.05, 0) is 6.42 Å². The van der Waals surface area contributed by atoms with E-state index in [1.54, 1.807) is 19.0 Å².